The zero-order chi connectivity index (χ0) is 22.5. The van der Waals surface area contributed by atoms with Crippen molar-refractivity contribution in [3.63, 3.8) is 0 Å². The van der Waals surface area contributed by atoms with Crippen molar-refractivity contribution < 1.29 is 27.5 Å². The zero-order valence-corrected chi connectivity index (χ0v) is 17.2. The number of hydrogen-bond acceptors (Lipinski definition) is 6. The molecule has 1 aliphatic heterocycles. The number of nitrogens with zero attached hydrogens (tertiary/aromatic N) is 4. The van der Waals surface area contributed by atoms with Gasteiger partial charge in [0.2, 0.25) is 0 Å². The second-order valence-corrected chi connectivity index (χ2v) is 8.06. The molecule has 5 rings (SSSR count). The first kappa shape index (κ1) is 20.5. The number of hydrogen-bond donors (Lipinski definition) is 1. The first-order chi connectivity index (χ1) is 15.4. The number of aromatic nitrogens is 3. The number of furan rings is 1. The van der Waals surface area contributed by atoms with Gasteiger partial charge >= 0.3 is 6.18 Å². The maximum atomic E-state index is 13.8. The average Bonchev–Trinajstić information content (AvgIpc) is 3.56. The predicted molar refractivity (Wildman–Crippen MR) is 110 cm³/mol. The van der Waals surface area contributed by atoms with E-state index in [0.29, 0.717) is 5.56 Å². The molecular formula is C21H15F3N4O3S. The van der Waals surface area contributed by atoms with Gasteiger partial charge in [-0.1, -0.05) is 6.08 Å². The SMILES string of the molecule is O=C(c1nc2c(C(F)(F)F)cc(-c3ccoc3)cn2c1CO)N1CC=C(c2nccs2)C1. The monoisotopic (exact) mass is 460 g/mol. The maximum Gasteiger partial charge on any atom is 0.420 e. The van der Waals surface area contributed by atoms with Crippen LogP contribution in [0.2, 0.25) is 0 Å². The van der Waals surface area contributed by atoms with Crippen molar-refractivity contribution in [3.8, 4) is 11.1 Å². The molecule has 0 atom stereocenters. The van der Waals surface area contributed by atoms with Crippen LogP contribution in [0.5, 0.6) is 0 Å². The lowest BCUT2D eigenvalue weighted by atomic mass is 10.1. The van der Waals surface area contributed by atoms with E-state index in [1.54, 1.807) is 6.20 Å². The fourth-order valence-electron chi connectivity index (χ4n) is 3.71. The normalized spacial score (nSPS) is 14.4. The minimum Gasteiger partial charge on any atom is -0.472 e. The maximum absolute atomic E-state index is 13.8. The second kappa shape index (κ2) is 7.61. The molecule has 0 aliphatic carbocycles. The molecule has 0 spiro atoms. The number of imidazole rings is 1. The van der Waals surface area contributed by atoms with Gasteiger partial charge in [0, 0.05) is 47.6 Å². The third-order valence-corrected chi connectivity index (χ3v) is 6.09. The molecular weight excluding hydrogens is 445 g/mol. The molecule has 164 valence electrons. The van der Waals surface area contributed by atoms with Gasteiger partial charge < -0.3 is 14.4 Å². The van der Waals surface area contributed by atoms with Crippen LogP contribution in [-0.4, -0.2) is 43.4 Å². The molecule has 1 aliphatic rings. The number of carbonyl (C=O) groups is 1. The molecule has 5 heterocycles. The second-order valence-electron chi connectivity index (χ2n) is 7.16. The lowest BCUT2D eigenvalue weighted by Gasteiger charge is -2.15. The van der Waals surface area contributed by atoms with Crippen molar-refractivity contribution in [2.75, 3.05) is 13.1 Å². The summed E-state index contributed by atoms with van der Waals surface area (Å²) in [6.07, 6.45) is 2.87. The summed E-state index contributed by atoms with van der Waals surface area (Å²) < 4.78 is 47.7. The topological polar surface area (TPSA) is 83.9 Å². The van der Waals surface area contributed by atoms with Crippen LogP contribution >= 0.6 is 11.3 Å². The number of alkyl halides is 3. The number of fused-ring (bicyclic) bond motifs is 1. The molecule has 0 aromatic carbocycles. The largest absolute Gasteiger partial charge is 0.472 e. The summed E-state index contributed by atoms with van der Waals surface area (Å²) in [6.45, 7) is -0.120. The van der Waals surface area contributed by atoms with Crippen LogP contribution in [0.3, 0.4) is 0 Å². The number of aliphatic hydroxyl groups is 1. The Balaban J connectivity index is 1.59. The summed E-state index contributed by atoms with van der Waals surface area (Å²) in [4.78, 5) is 22.9. The van der Waals surface area contributed by atoms with Crippen molar-refractivity contribution in [1.29, 1.82) is 0 Å². The van der Waals surface area contributed by atoms with Gasteiger partial charge in [-0.15, -0.1) is 11.3 Å². The van der Waals surface area contributed by atoms with Crippen LogP contribution in [0.4, 0.5) is 13.2 Å². The highest BCUT2D eigenvalue weighted by atomic mass is 32.1. The molecule has 0 radical (unpaired) electrons. The number of thiazole rings is 1. The van der Waals surface area contributed by atoms with Gasteiger partial charge in [-0.25, -0.2) is 9.97 Å². The molecule has 0 saturated carbocycles. The number of carbonyl (C=O) groups excluding carboxylic acids is 1. The Morgan fingerprint density at radius 1 is 1.31 bits per heavy atom. The third-order valence-electron chi connectivity index (χ3n) is 5.24. The predicted octanol–water partition coefficient (Wildman–Crippen LogP) is 4.10. The Morgan fingerprint density at radius 2 is 2.16 bits per heavy atom. The van der Waals surface area contributed by atoms with Crippen LogP contribution in [0.25, 0.3) is 22.3 Å². The molecule has 0 unspecified atom stereocenters. The van der Waals surface area contributed by atoms with Crippen LogP contribution < -0.4 is 0 Å². The van der Waals surface area contributed by atoms with Crippen LogP contribution in [0, 0.1) is 0 Å². The van der Waals surface area contributed by atoms with Crippen LogP contribution in [-0.2, 0) is 12.8 Å². The van der Waals surface area contributed by atoms with E-state index in [2.05, 4.69) is 9.97 Å². The fourth-order valence-corrected chi connectivity index (χ4v) is 4.38. The molecule has 0 bridgehead atoms. The molecule has 11 heteroatoms. The quantitative estimate of drug-likeness (QED) is 0.496. The number of aliphatic hydroxyl groups excluding tert-OH is 1. The van der Waals surface area contributed by atoms with Crippen LogP contribution in [0.1, 0.15) is 26.8 Å². The number of rotatable bonds is 4. The van der Waals surface area contributed by atoms with Gasteiger partial charge in [0.1, 0.15) is 10.7 Å². The number of amides is 1. The van der Waals surface area contributed by atoms with Crippen LogP contribution in [0.15, 0.2) is 52.9 Å². The van der Waals surface area contributed by atoms with E-state index in [1.165, 1.54) is 41.0 Å². The van der Waals surface area contributed by atoms with Gasteiger partial charge in [0.25, 0.3) is 5.91 Å². The third kappa shape index (κ3) is 3.39. The summed E-state index contributed by atoms with van der Waals surface area (Å²) in [6, 6.07) is 2.49. The summed E-state index contributed by atoms with van der Waals surface area (Å²) in [5, 5.41) is 12.6. The minimum absolute atomic E-state index is 0.0106. The Bertz CT molecular complexity index is 1320. The van der Waals surface area contributed by atoms with Crippen molar-refractivity contribution in [2.45, 2.75) is 12.8 Å². The Hall–Kier alpha value is -3.44. The fraction of sp³-hybridized carbons (Fsp3) is 0.190. The van der Waals surface area contributed by atoms with E-state index >= 15 is 0 Å². The van der Waals surface area contributed by atoms with Gasteiger partial charge in [-0.3, -0.25) is 9.20 Å². The van der Waals surface area contributed by atoms with Gasteiger partial charge in [0.15, 0.2) is 5.69 Å². The zero-order valence-electron chi connectivity index (χ0n) is 16.3. The number of pyridine rings is 1. The molecule has 1 N–H and O–H groups in total. The molecule has 0 fully saturated rings. The Kier molecular flexibility index (Phi) is 4.86. The van der Waals surface area contributed by atoms with E-state index in [-0.39, 0.29) is 30.0 Å². The van der Waals surface area contributed by atoms with Gasteiger partial charge in [-0.2, -0.15) is 13.2 Å². The van der Waals surface area contributed by atoms with Crippen molar-refractivity contribution >= 4 is 28.5 Å². The highest BCUT2D eigenvalue weighted by molar-refractivity contribution is 7.10. The first-order valence-electron chi connectivity index (χ1n) is 9.50. The lowest BCUT2D eigenvalue weighted by molar-refractivity contribution is -0.136. The molecule has 0 saturated heterocycles. The average molecular weight is 460 g/mol. The minimum atomic E-state index is -4.72. The number of halogens is 3. The summed E-state index contributed by atoms with van der Waals surface area (Å²) in [5.41, 5.74) is -0.156. The standard InChI is InChI=1S/C21H15F3N4O3S/c22-21(23,24)15-7-14(13-2-5-31-11-13)9-28-16(10-29)17(26-18(15)28)20(30)27-4-1-12(8-27)19-25-3-6-32-19/h1-3,5-7,9,11,29H,4,8,10H2. The molecule has 1 amide bonds. The first-order valence-corrected chi connectivity index (χ1v) is 10.4. The lowest BCUT2D eigenvalue weighted by Crippen LogP contribution is -2.30. The summed E-state index contributed by atoms with van der Waals surface area (Å²) >= 11 is 1.44. The Morgan fingerprint density at radius 3 is 2.81 bits per heavy atom. The van der Waals surface area contributed by atoms with Crippen molar-refractivity contribution in [3.05, 3.63) is 70.5 Å². The van der Waals surface area contributed by atoms with Gasteiger partial charge in [-0.05, 0) is 12.1 Å². The molecule has 32 heavy (non-hydrogen) atoms. The molecule has 4 aromatic rings. The van der Waals surface area contributed by atoms with Crippen molar-refractivity contribution in [2.24, 2.45) is 0 Å². The summed E-state index contributed by atoms with van der Waals surface area (Å²) in [5.74, 6) is -0.557. The van der Waals surface area contributed by atoms with Crippen molar-refractivity contribution in [1.82, 2.24) is 19.3 Å². The molecule has 4 aromatic heterocycles. The Labute approximate surface area is 183 Å². The highest BCUT2D eigenvalue weighted by Gasteiger charge is 2.37. The van der Waals surface area contributed by atoms with E-state index in [0.717, 1.165) is 21.0 Å². The summed E-state index contributed by atoms with van der Waals surface area (Å²) in [7, 11) is 0. The van der Waals surface area contributed by atoms with E-state index < -0.39 is 29.9 Å². The smallest absolute Gasteiger partial charge is 0.420 e. The molecule has 7 nitrogen and oxygen atoms in total. The highest BCUT2D eigenvalue weighted by Crippen LogP contribution is 2.36. The van der Waals surface area contributed by atoms with E-state index in [1.807, 2.05) is 11.5 Å². The van der Waals surface area contributed by atoms with Gasteiger partial charge in [0.05, 0.1) is 30.4 Å². The van der Waals surface area contributed by atoms with E-state index in [4.69, 9.17) is 4.42 Å². The van der Waals surface area contributed by atoms with E-state index in [9.17, 15) is 23.1 Å².